The average molecular weight is 260 g/mol. The molecule has 1 aromatic heterocycles. The molecule has 2 rings (SSSR count). The number of para-hydroxylation sites is 1. The van der Waals surface area contributed by atoms with Crippen molar-refractivity contribution in [2.45, 2.75) is 19.4 Å². The summed E-state index contributed by atoms with van der Waals surface area (Å²) in [7, 11) is 0. The molecular weight excluding hydrogens is 244 g/mol. The minimum absolute atomic E-state index is 0.0736. The summed E-state index contributed by atoms with van der Waals surface area (Å²) in [4.78, 5) is 15.3. The smallest absolute Gasteiger partial charge is 0.337 e. The molecule has 5 nitrogen and oxygen atoms in total. The van der Waals surface area contributed by atoms with Gasteiger partial charge in [-0.25, -0.2) is 4.79 Å². The predicted molar refractivity (Wildman–Crippen MR) is 73.2 cm³/mol. The summed E-state index contributed by atoms with van der Waals surface area (Å²) in [5, 5.41) is 22.5. The van der Waals surface area contributed by atoms with Crippen molar-refractivity contribution in [2.24, 2.45) is 0 Å². The lowest BCUT2D eigenvalue weighted by Gasteiger charge is -2.20. The molecule has 0 spiro atoms. The lowest BCUT2D eigenvalue weighted by atomic mass is 10.1. The molecule has 0 aliphatic carbocycles. The van der Waals surface area contributed by atoms with Crippen molar-refractivity contribution in [3.63, 3.8) is 0 Å². The zero-order valence-corrected chi connectivity index (χ0v) is 10.8. The van der Waals surface area contributed by atoms with E-state index in [1.54, 1.807) is 0 Å². The largest absolute Gasteiger partial charge is 0.479 e. The van der Waals surface area contributed by atoms with Crippen LogP contribution in [0.2, 0.25) is 0 Å². The Morgan fingerprint density at radius 1 is 1.42 bits per heavy atom. The zero-order valence-electron chi connectivity index (χ0n) is 10.8. The Morgan fingerprint density at radius 2 is 2.11 bits per heavy atom. The van der Waals surface area contributed by atoms with Crippen LogP contribution in [0.5, 0.6) is 0 Å². The molecule has 0 bridgehead atoms. The number of carboxylic acids is 1. The number of aliphatic carboxylic acids is 1. The summed E-state index contributed by atoms with van der Waals surface area (Å²) >= 11 is 0. The molecule has 100 valence electrons. The molecule has 2 aromatic rings. The molecule has 19 heavy (non-hydrogen) atoms. The highest BCUT2D eigenvalue weighted by Crippen LogP contribution is 2.23. The third-order valence-electron chi connectivity index (χ3n) is 2.93. The Balaban J connectivity index is 2.33. The first kappa shape index (κ1) is 13.3. The summed E-state index contributed by atoms with van der Waals surface area (Å²) in [5.41, 5.74) is 0.624. The molecule has 0 unspecified atom stereocenters. The van der Waals surface area contributed by atoms with E-state index in [-0.39, 0.29) is 6.54 Å². The number of nitrogens with zero attached hydrogens (tertiary/aromatic N) is 1. The van der Waals surface area contributed by atoms with Gasteiger partial charge < -0.3 is 15.5 Å². The SMILES string of the molecule is Cc1cc(NC[C@@](C)(O)C(=O)O)c2ccccc2n1. The Hall–Kier alpha value is -2.14. The van der Waals surface area contributed by atoms with E-state index < -0.39 is 11.6 Å². The number of rotatable bonds is 4. The van der Waals surface area contributed by atoms with E-state index in [2.05, 4.69) is 10.3 Å². The second-order valence-corrected chi connectivity index (χ2v) is 4.76. The summed E-state index contributed by atoms with van der Waals surface area (Å²) < 4.78 is 0. The van der Waals surface area contributed by atoms with E-state index in [0.717, 1.165) is 22.3 Å². The lowest BCUT2D eigenvalue weighted by Crippen LogP contribution is -2.41. The number of carbonyl (C=O) groups is 1. The number of pyridine rings is 1. The maximum Gasteiger partial charge on any atom is 0.337 e. The monoisotopic (exact) mass is 260 g/mol. The molecule has 1 heterocycles. The fourth-order valence-electron chi connectivity index (χ4n) is 1.80. The van der Waals surface area contributed by atoms with Crippen LogP contribution in [0.1, 0.15) is 12.6 Å². The Morgan fingerprint density at radius 3 is 2.79 bits per heavy atom. The van der Waals surface area contributed by atoms with Crippen LogP contribution < -0.4 is 5.32 Å². The van der Waals surface area contributed by atoms with E-state index in [9.17, 15) is 9.90 Å². The average Bonchev–Trinajstić information content (AvgIpc) is 2.35. The topological polar surface area (TPSA) is 82.5 Å². The first-order valence-electron chi connectivity index (χ1n) is 5.96. The zero-order chi connectivity index (χ0) is 14.0. The standard InChI is InChI=1S/C14H16N2O3/c1-9-7-12(15-8-14(2,19)13(17)18)10-5-3-4-6-11(10)16-9/h3-7,19H,8H2,1-2H3,(H,15,16)(H,17,18)/t14-/m1/s1. The molecule has 0 radical (unpaired) electrons. The van der Waals surface area contributed by atoms with Crippen molar-refractivity contribution in [1.29, 1.82) is 0 Å². The van der Waals surface area contributed by atoms with Crippen molar-refractivity contribution in [3.05, 3.63) is 36.0 Å². The molecule has 3 N–H and O–H groups in total. The van der Waals surface area contributed by atoms with E-state index in [0.29, 0.717) is 0 Å². The van der Waals surface area contributed by atoms with Gasteiger partial charge in [0.05, 0.1) is 12.1 Å². The molecule has 5 heteroatoms. The number of hydrogen-bond donors (Lipinski definition) is 3. The Labute approximate surface area is 110 Å². The normalized spacial score (nSPS) is 14.1. The maximum absolute atomic E-state index is 10.9. The van der Waals surface area contributed by atoms with Gasteiger partial charge in [0, 0.05) is 16.8 Å². The molecule has 0 amide bonds. The second kappa shape index (κ2) is 4.85. The summed E-state index contributed by atoms with van der Waals surface area (Å²) in [5.74, 6) is -1.25. The van der Waals surface area contributed by atoms with E-state index in [1.165, 1.54) is 6.92 Å². The molecule has 0 saturated carbocycles. The fourth-order valence-corrected chi connectivity index (χ4v) is 1.80. The fraction of sp³-hybridized carbons (Fsp3) is 0.286. The number of benzene rings is 1. The number of fused-ring (bicyclic) bond motifs is 1. The van der Waals surface area contributed by atoms with Gasteiger partial charge in [-0.1, -0.05) is 18.2 Å². The van der Waals surface area contributed by atoms with Gasteiger partial charge in [0.25, 0.3) is 0 Å². The van der Waals surface area contributed by atoms with Crippen LogP contribution in [0.3, 0.4) is 0 Å². The van der Waals surface area contributed by atoms with Gasteiger partial charge in [-0.05, 0) is 26.0 Å². The van der Waals surface area contributed by atoms with Crippen LogP contribution in [-0.4, -0.2) is 33.3 Å². The molecular formula is C14H16N2O3. The number of aromatic nitrogens is 1. The number of nitrogens with one attached hydrogen (secondary N) is 1. The molecule has 0 fully saturated rings. The summed E-state index contributed by atoms with van der Waals surface area (Å²) in [6, 6.07) is 9.41. The van der Waals surface area contributed by atoms with Crippen LogP contribution in [0.15, 0.2) is 30.3 Å². The Kier molecular flexibility index (Phi) is 3.40. The number of hydrogen-bond acceptors (Lipinski definition) is 4. The highest BCUT2D eigenvalue weighted by atomic mass is 16.4. The predicted octanol–water partition coefficient (Wildman–Crippen LogP) is 1.79. The second-order valence-electron chi connectivity index (χ2n) is 4.76. The highest BCUT2D eigenvalue weighted by Gasteiger charge is 2.29. The van der Waals surface area contributed by atoms with Crippen LogP contribution >= 0.6 is 0 Å². The molecule has 1 atom stereocenters. The minimum atomic E-state index is -1.81. The molecule has 0 aliphatic heterocycles. The van der Waals surface area contributed by atoms with Crippen LogP contribution in [0.25, 0.3) is 10.9 Å². The number of carboxylic acid groups (broad SMARTS) is 1. The van der Waals surface area contributed by atoms with Crippen molar-refractivity contribution in [1.82, 2.24) is 4.98 Å². The molecule has 1 aromatic carbocycles. The number of anilines is 1. The number of aryl methyl sites for hydroxylation is 1. The van der Waals surface area contributed by atoms with Gasteiger partial charge in [-0.2, -0.15) is 0 Å². The lowest BCUT2D eigenvalue weighted by molar-refractivity contribution is -0.155. The van der Waals surface area contributed by atoms with Crippen molar-refractivity contribution in [3.8, 4) is 0 Å². The maximum atomic E-state index is 10.9. The quantitative estimate of drug-likeness (QED) is 0.780. The van der Waals surface area contributed by atoms with E-state index >= 15 is 0 Å². The van der Waals surface area contributed by atoms with Crippen molar-refractivity contribution >= 4 is 22.6 Å². The van der Waals surface area contributed by atoms with Gasteiger partial charge in [-0.3, -0.25) is 4.98 Å². The first-order chi connectivity index (χ1) is 8.90. The van der Waals surface area contributed by atoms with Crippen LogP contribution in [-0.2, 0) is 4.79 Å². The van der Waals surface area contributed by atoms with Crippen molar-refractivity contribution in [2.75, 3.05) is 11.9 Å². The minimum Gasteiger partial charge on any atom is -0.479 e. The molecule has 0 saturated heterocycles. The Bertz CT molecular complexity index is 623. The van der Waals surface area contributed by atoms with Gasteiger partial charge >= 0.3 is 5.97 Å². The molecule has 0 aliphatic rings. The van der Waals surface area contributed by atoms with Crippen LogP contribution in [0.4, 0.5) is 5.69 Å². The summed E-state index contributed by atoms with van der Waals surface area (Å²) in [6.07, 6.45) is 0. The third kappa shape index (κ3) is 2.82. The van der Waals surface area contributed by atoms with Gasteiger partial charge in [0.1, 0.15) is 0 Å². The van der Waals surface area contributed by atoms with Gasteiger partial charge in [-0.15, -0.1) is 0 Å². The van der Waals surface area contributed by atoms with E-state index in [4.69, 9.17) is 5.11 Å². The number of aliphatic hydroxyl groups is 1. The van der Waals surface area contributed by atoms with Crippen molar-refractivity contribution < 1.29 is 15.0 Å². The highest BCUT2D eigenvalue weighted by molar-refractivity contribution is 5.91. The first-order valence-corrected chi connectivity index (χ1v) is 5.96. The van der Waals surface area contributed by atoms with Gasteiger partial charge in [0.2, 0.25) is 0 Å². The summed E-state index contributed by atoms with van der Waals surface area (Å²) in [6.45, 7) is 3.06. The van der Waals surface area contributed by atoms with Gasteiger partial charge in [0.15, 0.2) is 5.60 Å². The van der Waals surface area contributed by atoms with E-state index in [1.807, 2.05) is 37.3 Å². The van der Waals surface area contributed by atoms with Crippen LogP contribution in [0, 0.1) is 6.92 Å². The third-order valence-corrected chi connectivity index (χ3v) is 2.93.